The number of allylic oxidation sites excluding steroid dienone is 2. The van der Waals surface area contributed by atoms with E-state index in [2.05, 4.69) is 4.99 Å². The van der Waals surface area contributed by atoms with E-state index in [0.717, 1.165) is 5.57 Å². The van der Waals surface area contributed by atoms with Gasteiger partial charge in [0.05, 0.1) is 18.1 Å². The summed E-state index contributed by atoms with van der Waals surface area (Å²) in [6.45, 7) is 1.59. The molecule has 26 heavy (non-hydrogen) atoms. The zero-order valence-electron chi connectivity index (χ0n) is 14.5. The second-order valence-electron chi connectivity index (χ2n) is 5.92. The van der Waals surface area contributed by atoms with Gasteiger partial charge in [0.1, 0.15) is 11.9 Å². The van der Waals surface area contributed by atoms with Gasteiger partial charge in [0.15, 0.2) is 0 Å². The Balaban J connectivity index is 1.75. The van der Waals surface area contributed by atoms with Gasteiger partial charge in [-0.3, -0.25) is 4.99 Å². The topological polar surface area (TPSA) is 68.2 Å². The Morgan fingerprint density at radius 3 is 2.62 bits per heavy atom. The highest BCUT2D eigenvalue weighted by Crippen LogP contribution is 2.27. The van der Waals surface area contributed by atoms with Crippen LogP contribution in [0.5, 0.6) is 5.75 Å². The number of sulfonamides is 1. The van der Waals surface area contributed by atoms with Crippen molar-refractivity contribution >= 4 is 27.8 Å². The number of hydrogen-bond donors (Lipinski definition) is 0. The summed E-state index contributed by atoms with van der Waals surface area (Å²) in [5.41, 5.74) is 0.807. The second kappa shape index (κ2) is 8.35. The van der Waals surface area contributed by atoms with Gasteiger partial charge in [0.25, 0.3) is 0 Å². The van der Waals surface area contributed by atoms with E-state index in [4.69, 9.17) is 21.1 Å². The predicted octanol–water partition coefficient (Wildman–Crippen LogP) is 2.61. The van der Waals surface area contributed by atoms with Crippen LogP contribution in [0.15, 0.2) is 56.9 Å². The maximum absolute atomic E-state index is 12.6. The lowest BCUT2D eigenvalue weighted by molar-refractivity contribution is 0.0730. The molecule has 0 amide bonds. The normalized spacial score (nSPS) is 22.2. The Morgan fingerprint density at radius 2 is 1.96 bits per heavy atom. The van der Waals surface area contributed by atoms with Gasteiger partial charge in [-0.15, -0.1) is 0 Å². The maximum atomic E-state index is 12.6. The van der Waals surface area contributed by atoms with Gasteiger partial charge in [0.2, 0.25) is 10.0 Å². The molecule has 8 heteroatoms. The van der Waals surface area contributed by atoms with Crippen LogP contribution in [0.4, 0.5) is 0 Å². The van der Waals surface area contributed by atoms with Crippen molar-refractivity contribution in [2.75, 3.05) is 33.4 Å². The van der Waals surface area contributed by atoms with E-state index in [1.807, 2.05) is 12.2 Å². The number of aliphatic imine (C=N–C) groups is 1. The Labute approximate surface area is 158 Å². The van der Waals surface area contributed by atoms with Crippen LogP contribution >= 0.6 is 11.6 Å². The van der Waals surface area contributed by atoms with Crippen molar-refractivity contribution in [3.63, 3.8) is 0 Å². The average molecular weight is 397 g/mol. The summed E-state index contributed by atoms with van der Waals surface area (Å²) in [7, 11) is -1.83. The molecule has 1 aliphatic carbocycles. The molecule has 1 heterocycles. The second-order valence-corrected chi connectivity index (χ2v) is 8.27. The molecule has 0 saturated carbocycles. The van der Waals surface area contributed by atoms with Crippen LogP contribution in [0.3, 0.4) is 0 Å². The number of nitrogens with zero attached hydrogens (tertiary/aromatic N) is 2. The highest BCUT2D eigenvalue weighted by Gasteiger charge is 2.26. The predicted molar refractivity (Wildman–Crippen MR) is 101 cm³/mol. The van der Waals surface area contributed by atoms with Gasteiger partial charge >= 0.3 is 0 Å². The number of rotatable bonds is 5. The lowest BCUT2D eigenvalue weighted by atomic mass is 10.0. The molecule has 1 aromatic rings. The van der Waals surface area contributed by atoms with Crippen LogP contribution in [0.1, 0.15) is 6.42 Å². The quantitative estimate of drug-likeness (QED) is 0.717. The van der Waals surface area contributed by atoms with E-state index in [-0.39, 0.29) is 11.0 Å². The third kappa shape index (κ3) is 4.17. The highest BCUT2D eigenvalue weighted by molar-refractivity contribution is 7.89. The van der Waals surface area contributed by atoms with Crippen molar-refractivity contribution in [3.8, 4) is 5.75 Å². The van der Waals surface area contributed by atoms with Crippen molar-refractivity contribution in [2.24, 2.45) is 4.99 Å². The van der Waals surface area contributed by atoms with Gasteiger partial charge in [-0.25, -0.2) is 8.42 Å². The van der Waals surface area contributed by atoms with Crippen molar-refractivity contribution in [1.82, 2.24) is 4.31 Å². The first-order chi connectivity index (χ1) is 12.5. The number of hydrogen-bond acceptors (Lipinski definition) is 5. The van der Waals surface area contributed by atoms with E-state index < -0.39 is 10.0 Å². The van der Waals surface area contributed by atoms with E-state index >= 15 is 0 Å². The van der Waals surface area contributed by atoms with Crippen LogP contribution in [-0.2, 0) is 14.8 Å². The number of halogens is 1. The molecule has 0 spiro atoms. The molecule has 1 atom stereocenters. The van der Waals surface area contributed by atoms with Crippen molar-refractivity contribution in [2.45, 2.75) is 17.4 Å². The zero-order valence-corrected chi connectivity index (χ0v) is 16.0. The molecule has 1 unspecified atom stereocenters. The summed E-state index contributed by atoms with van der Waals surface area (Å²) in [5.74, 6) is 0.581. The number of ether oxygens (including phenoxy) is 2. The molecule has 3 rings (SSSR count). The Bertz CT molecular complexity index is 825. The maximum Gasteiger partial charge on any atom is 0.243 e. The van der Waals surface area contributed by atoms with Gasteiger partial charge in [-0.05, 0) is 30.3 Å². The Hall–Kier alpha value is -1.67. The van der Waals surface area contributed by atoms with Gasteiger partial charge in [-0.1, -0.05) is 17.7 Å². The summed E-state index contributed by atoms with van der Waals surface area (Å²) in [6, 6.07) is 6.47. The fraction of sp³-hybridized carbons (Fsp3) is 0.389. The number of morpholine rings is 1. The first kappa shape index (κ1) is 19.1. The molecule has 6 nitrogen and oxygen atoms in total. The Kier molecular flexibility index (Phi) is 6.13. The highest BCUT2D eigenvalue weighted by atomic mass is 35.5. The zero-order chi connectivity index (χ0) is 18.6. The van der Waals surface area contributed by atoms with Crippen molar-refractivity contribution in [1.29, 1.82) is 0 Å². The molecular formula is C18H21ClN2O4S. The van der Waals surface area contributed by atoms with Crippen LogP contribution in [0, 0.1) is 0 Å². The van der Waals surface area contributed by atoms with Crippen LogP contribution < -0.4 is 4.74 Å². The minimum Gasteiger partial charge on any atom is -0.485 e. The summed E-state index contributed by atoms with van der Waals surface area (Å²) in [5, 5.41) is 0.596. The smallest absolute Gasteiger partial charge is 0.243 e. The number of benzene rings is 1. The molecule has 140 valence electrons. The van der Waals surface area contributed by atoms with E-state index in [9.17, 15) is 8.42 Å². The van der Waals surface area contributed by atoms with Crippen LogP contribution in [0.25, 0.3) is 0 Å². The Morgan fingerprint density at radius 1 is 1.27 bits per heavy atom. The molecule has 1 aliphatic heterocycles. The first-order valence-corrected chi connectivity index (χ1v) is 10.2. The van der Waals surface area contributed by atoms with Crippen LogP contribution in [0.2, 0.25) is 0 Å². The van der Waals surface area contributed by atoms with E-state index in [0.29, 0.717) is 43.5 Å². The third-order valence-corrected chi connectivity index (χ3v) is 6.47. The van der Waals surface area contributed by atoms with E-state index in [1.54, 1.807) is 37.5 Å². The summed E-state index contributed by atoms with van der Waals surface area (Å²) in [4.78, 5) is 4.27. The molecular weight excluding hydrogens is 376 g/mol. The van der Waals surface area contributed by atoms with Crippen molar-refractivity contribution in [3.05, 3.63) is 47.0 Å². The monoisotopic (exact) mass is 396 g/mol. The molecule has 1 fully saturated rings. The third-order valence-electron chi connectivity index (χ3n) is 4.22. The fourth-order valence-corrected chi connectivity index (χ4v) is 4.53. The molecule has 0 aromatic heterocycles. The summed E-state index contributed by atoms with van der Waals surface area (Å²) < 4.78 is 37.9. The van der Waals surface area contributed by atoms with E-state index in [1.165, 1.54) is 4.31 Å². The lowest BCUT2D eigenvalue weighted by Gasteiger charge is -2.26. The standard InChI is InChI=1S/C18H21ClN2O4S/c1-20-13-16-17(19)3-2-4-18(16)25-14-5-7-15(8-6-14)26(22,23)21-9-11-24-12-10-21/h2-3,5-8,13,18H,4,9-12H2,1H3. The minimum atomic E-state index is -3.51. The molecule has 1 saturated heterocycles. The molecule has 0 N–H and O–H groups in total. The largest absolute Gasteiger partial charge is 0.485 e. The first-order valence-electron chi connectivity index (χ1n) is 8.35. The average Bonchev–Trinajstić information content (AvgIpc) is 2.66. The van der Waals surface area contributed by atoms with Gasteiger partial charge in [0, 0.05) is 43.4 Å². The lowest BCUT2D eigenvalue weighted by Crippen LogP contribution is -2.40. The van der Waals surface area contributed by atoms with Crippen molar-refractivity contribution < 1.29 is 17.9 Å². The minimum absolute atomic E-state index is 0.249. The summed E-state index contributed by atoms with van der Waals surface area (Å²) >= 11 is 6.22. The molecule has 1 aromatic carbocycles. The SMILES string of the molecule is CN=CC1=C(Cl)C=CCC1Oc1ccc(S(=O)(=O)N2CCOCC2)cc1. The summed E-state index contributed by atoms with van der Waals surface area (Å²) in [6.07, 6.45) is 5.88. The van der Waals surface area contributed by atoms with Crippen LogP contribution in [-0.4, -0.2) is 58.4 Å². The van der Waals surface area contributed by atoms with Gasteiger partial charge < -0.3 is 9.47 Å². The molecule has 2 aliphatic rings. The van der Waals surface area contributed by atoms with Gasteiger partial charge in [-0.2, -0.15) is 4.31 Å². The molecule has 0 radical (unpaired) electrons. The fourth-order valence-electron chi connectivity index (χ4n) is 2.86. The molecule has 0 bridgehead atoms.